The summed E-state index contributed by atoms with van der Waals surface area (Å²) in [5.41, 5.74) is 2.46. The highest BCUT2D eigenvalue weighted by Crippen LogP contribution is 2.32. The van der Waals surface area contributed by atoms with Crippen LogP contribution in [0.25, 0.3) is 0 Å². The Morgan fingerprint density at radius 1 is 1.50 bits per heavy atom. The fraction of sp³-hybridized carbons (Fsp3) is 0.400. The van der Waals surface area contributed by atoms with E-state index in [0.29, 0.717) is 0 Å². The van der Waals surface area contributed by atoms with E-state index >= 15 is 0 Å². The number of aliphatic hydroxyl groups excluding tert-OH is 1. The molecule has 0 bridgehead atoms. The molecule has 0 fully saturated rings. The fourth-order valence-electron chi connectivity index (χ4n) is 1.70. The molecule has 0 saturated carbocycles. The highest BCUT2D eigenvalue weighted by Gasteiger charge is 2.19. The molecule has 2 rings (SSSR count). The van der Waals surface area contributed by atoms with Gasteiger partial charge in [0.15, 0.2) is 0 Å². The normalized spacial score (nSPS) is 21.0. The van der Waals surface area contributed by atoms with E-state index in [-0.39, 0.29) is 6.10 Å². The Labute approximate surface area is 76.8 Å². The van der Waals surface area contributed by atoms with Crippen LogP contribution in [0.3, 0.4) is 0 Å². The Bertz CT molecular complexity index is 296. The van der Waals surface area contributed by atoms with Crippen molar-refractivity contribution in [3.05, 3.63) is 29.3 Å². The van der Waals surface area contributed by atoms with Gasteiger partial charge in [-0.25, -0.2) is 0 Å². The average Bonchev–Trinajstić information content (AvgIpc) is 2.47. The third-order valence-corrected chi connectivity index (χ3v) is 3.12. The van der Waals surface area contributed by atoms with E-state index in [1.54, 1.807) is 11.8 Å². The molecule has 12 heavy (non-hydrogen) atoms. The van der Waals surface area contributed by atoms with Crippen LogP contribution in [0.2, 0.25) is 0 Å². The third-order valence-electron chi connectivity index (χ3n) is 2.40. The van der Waals surface area contributed by atoms with Crippen LogP contribution in [-0.4, -0.2) is 11.4 Å². The molecule has 0 aromatic heterocycles. The van der Waals surface area contributed by atoms with Gasteiger partial charge in [0, 0.05) is 4.90 Å². The van der Waals surface area contributed by atoms with E-state index in [4.69, 9.17) is 0 Å². The lowest BCUT2D eigenvalue weighted by Crippen LogP contribution is -1.89. The summed E-state index contributed by atoms with van der Waals surface area (Å²) in [4.78, 5) is 1.29. The minimum atomic E-state index is -0.212. The Hall–Kier alpha value is -0.470. The second kappa shape index (κ2) is 3.11. The van der Waals surface area contributed by atoms with Gasteiger partial charge in [0.2, 0.25) is 0 Å². The Morgan fingerprint density at radius 2 is 2.33 bits per heavy atom. The summed E-state index contributed by atoms with van der Waals surface area (Å²) in [5.74, 6) is 0. The van der Waals surface area contributed by atoms with Crippen molar-refractivity contribution in [2.45, 2.75) is 23.8 Å². The summed E-state index contributed by atoms with van der Waals surface area (Å²) >= 11 is 1.75. The second-order valence-electron chi connectivity index (χ2n) is 3.12. The highest BCUT2D eigenvalue weighted by molar-refractivity contribution is 7.98. The Morgan fingerprint density at radius 3 is 3.08 bits per heavy atom. The number of rotatable bonds is 1. The molecule has 1 nitrogen and oxygen atoms in total. The van der Waals surface area contributed by atoms with Crippen LogP contribution in [0.5, 0.6) is 0 Å². The first kappa shape index (κ1) is 8.14. The first-order chi connectivity index (χ1) is 5.81. The molecule has 64 valence electrons. The maximum absolute atomic E-state index is 9.54. The molecule has 0 saturated heterocycles. The van der Waals surface area contributed by atoms with Crippen LogP contribution < -0.4 is 0 Å². The molecule has 0 amide bonds. The summed E-state index contributed by atoms with van der Waals surface area (Å²) in [6.45, 7) is 0. The third kappa shape index (κ3) is 1.25. The van der Waals surface area contributed by atoms with E-state index in [1.165, 1.54) is 10.5 Å². The molecule has 1 atom stereocenters. The summed E-state index contributed by atoms with van der Waals surface area (Å²) in [6, 6.07) is 6.33. The lowest BCUT2D eigenvalue weighted by Gasteiger charge is -2.04. The van der Waals surface area contributed by atoms with E-state index in [0.717, 1.165) is 18.4 Å². The van der Waals surface area contributed by atoms with Crippen LogP contribution in [0.1, 0.15) is 23.7 Å². The summed E-state index contributed by atoms with van der Waals surface area (Å²) in [6.07, 6.45) is 3.79. The van der Waals surface area contributed by atoms with E-state index in [2.05, 4.69) is 24.5 Å². The maximum atomic E-state index is 9.54. The largest absolute Gasteiger partial charge is 0.388 e. The first-order valence-corrected chi connectivity index (χ1v) is 5.38. The zero-order valence-corrected chi connectivity index (χ0v) is 7.90. The lowest BCUT2D eigenvalue weighted by molar-refractivity contribution is 0.180. The molecule has 0 spiro atoms. The number of aliphatic hydroxyl groups is 1. The van der Waals surface area contributed by atoms with Crippen molar-refractivity contribution in [1.82, 2.24) is 0 Å². The predicted molar refractivity (Wildman–Crippen MR) is 51.5 cm³/mol. The van der Waals surface area contributed by atoms with Crippen molar-refractivity contribution in [1.29, 1.82) is 0 Å². The van der Waals surface area contributed by atoms with Crippen molar-refractivity contribution in [3.8, 4) is 0 Å². The minimum Gasteiger partial charge on any atom is -0.388 e. The Balaban J connectivity index is 2.41. The summed E-state index contributed by atoms with van der Waals surface area (Å²) in [5, 5.41) is 9.54. The predicted octanol–water partition coefficient (Wildman–Crippen LogP) is 2.39. The zero-order valence-electron chi connectivity index (χ0n) is 7.08. The number of hydrogen-bond donors (Lipinski definition) is 1. The van der Waals surface area contributed by atoms with Crippen molar-refractivity contribution >= 4 is 11.8 Å². The van der Waals surface area contributed by atoms with Gasteiger partial charge in [0.1, 0.15) is 0 Å². The van der Waals surface area contributed by atoms with Gasteiger partial charge < -0.3 is 5.11 Å². The quantitative estimate of drug-likeness (QED) is 0.670. The molecule has 1 aromatic carbocycles. The number of fused-ring (bicyclic) bond motifs is 1. The average molecular weight is 180 g/mol. The van der Waals surface area contributed by atoms with Gasteiger partial charge in [0.05, 0.1) is 6.10 Å². The van der Waals surface area contributed by atoms with Gasteiger partial charge in [-0.2, -0.15) is 0 Å². The molecule has 1 aromatic rings. The van der Waals surface area contributed by atoms with Gasteiger partial charge in [-0.15, -0.1) is 11.8 Å². The Kier molecular flexibility index (Phi) is 2.11. The SMILES string of the molecule is CSc1ccc2c(c1)CCC2O. The van der Waals surface area contributed by atoms with E-state index in [9.17, 15) is 5.11 Å². The molecule has 0 radical (unpaired) electrons. The van der Waals surface area contributed by atoms with Crippen molar-refractivity contribution in [2.75, 3.05) is 6.26 Å². The van der Waals surface area contributed by atoms with Crippen molar-refractivity contribution in [3.63, 3.8) is 0 Å². The summed E-state index contributed by atoms with van der Waals surface area (Å²) in [7, 11) is 0. The number of thioether (sulfide) groups is 1. The lowest BCUT2D eigenvalue weighted by atomic mass is 10.1. The van der Waals surface area contributed by atoms with Crippen LogP contribution in [0.15, 0.2) is 23.1 Å². The van der Waals surface area contributed by atoms with Gasteiger partial charge in [0.25, 0.3) is 0 Å². The topological polar surface area (TPSA) is 20.2 Å². The van der Waals surface area contributed by atoms with Gasteiger partial charge in [-0.05, 0) is 42.4 Å². The van der Waals surface area contributed by atoms with Crippen LogP contribution >= 0.6 is 11.8 Å². The molecule has 0 heterocycles. The van der Waals surface area contributed by atoms with Crippen molar-refractivity contribution < 1.29 is 5.11 Å². The van der Waals surface area contributed by atoms with Gasteiger partial charge in [-0.1, -0.05) is 6.07 Å². The van der Waals surface area contributed by atoms with E-state index in [1.807, 2.05) is 0 Å². The number of benzene rings is 1. The van der Waals surface area contributed by atoms with Crippen LogP contribution in [0.4, 0.5) is 0 Å². The van der Waals surface area contributed by atoms with Crippen LogP contribution in [0, 0.1) is 0 Å². The fourth-order valence-corrected chi connectivity index (χ4v) is 2.16. The smallest absolute Gasteiger partial charge is 0.0795 e. The molecular formula is C10H12OS. The molecule has 1 N–H and O–H groups in total. The van der Waals surface area contributed by atoms with Crippen molar-refractivity contribution in [2.24, 2.45) is 0 Å². The van der Waals surface area contributed by atoms with E-state index < -0.39 is 0 Å². The number of aryl methyl sites for hydroxylation is 1. The minimum absolute atomic E-state index is 0.212. The standard InChI is InChI=1S/C10H12OS/c1-12-8-3-4-9-7(6-8)2-5-10(9)11/h3-4,6,10-11H,2,5H2,1H3. The monoisotopic (exact) mass is 180 g/mol. The molecule has 2 heteroatoms. The zero-order chi connectivity index (χ0) is 8.55. The molecule has 1 aliphatic carbocycles. The molecule has 1 unspecified atom stereocenters. The number of hydrogen-bond acceptors (Lipinski definition) is 2. The van der Waals surface area contributed by atoms with Crippen LogP contribution in [-0.2, 0) is 6.42 Å². The highest BCUT2D eigenvalue weighted by atomic mass is 32.2. The second-order valence-corrected chi connectivity index (χ2v) is 4.00. The molecular weight excluding hydrogens is 168 g/mol. The van der Waals surface area contributed by atoms with Gasteiger partial charge >= 0.3 is 0 Å². The maximum Gasteiger partial charge on any atom is 0.0795 e. The first-order valence-electron chi connectivity index (χ1n) is 4.16. The molecule has 0 aliphatic heterocycles. The van der Waals surface area contributed by atoms with Gasteiger partial charge in [-0.3, -0.25) is 0 Å². The molecule has 1 aliphatic rings. The summed E-state index contributed by atoms with van der Waals surface area (Å²) < 4.78 is 0.